The van der Waals surface area contributed by atoms with Gasteiger partial charge in [0, 0.05) is 4.90 Å². The van der Waals surface area contributed by atoms with Crippen molar-refractivity contribution in [3.8, 4) is 0 Å². The van der Waals surface area contributed by atoms with Crippen molar-refractivity contribution in [2.24, 2.45) is 0 Å². The van der Waals surface area contributed by atoms with E-state index in [9.17, 15) is 9.59 Å². The van der Waals surface area contributed by atoms with Gasteiger partial charge in [-0.15, -0.1) is 11.8 Å². The van der Waals surface area contributed by atoms with Gasteiger partial charge in [0.05, 0.1) is 12.9 Å². The Morgan fingerprint density at radius 2 is 2.00 bits per heavy atom. The van der Waals surface area contributed by atoms with Gasteiger partial charge in [0.1, 0.15) is 6.04 Å². The summed E-state index contributed by atoms with van der Waals surface area (Å²) in [5.41, 5.74) is 2.44. The lowest BCUT2D eigenvalue weighted by molar-refractivity contribution is -0.144. The van der Waals surface area contributed by atoms with Crippen molar-refractivity contribution in [2.75, 3.05) is 24.9 Å². The number of nitrogens with one attached hydrogen (secondary N) is 1. The van der Waals surface area contributed by atoms with Gasteiger partial charge in [-0.2, -0.15) is 11.8 Å². The minimum absolute atomic E-state index is 0.153. The predicted molar refractivity (Wildman–Crippen MR) is 93.6 cm³/mol. The molecule has 0 unspecified atom stereocenters. The number of hydrogen-bond acceptors (Lipinski definition) is 5. The molecular formula is C16H23NO3S2. The van der Waals surface area contributed by atoms with E-state index in [4.69, 9.17) is 4.74 Å². The molecule has 0 aromatic heterocycles. The number of carbonyl (C=O) groups excluding carboxylic acids is 2. The third-order valence-corrected chi connectivity index (χ3v) is 4.92. The number of rotatable bonds is 8. The fourth-order valence-electron chi connectivity index (χ4n) is 1.82. The molecule has 0 aliphatic carbocycles. The summed E-state index contributed by atoms with van der Waals surface area (Å²) in [6.07, 6.45) is 2.54. The van der Waals surface area contributed by atoms with E-state index in [2.05, 4.69) is 25.2 Å². The van der Waals surface area contributed by atoms with E-state index < -0.39 is 12.0 Å². The lowest BCUT2D eigenvalue weighted by atomic mass is 10.1. The number of methoxy groups -OCH3 is 1. The molecule has 0 heterocycles. The Balaban J connectivity index is 2.52. The van der Waals surface area contributed by atoms with Crippen LogP contribution in [0.5, 0.6) is 0 Å². The maximum absolute atomic E-state index is 12.0. The zero-order chi connectivity index (χ0) is 16.5. The van der Waals surface area contributed by atoms with Crippen LogP contribution in [0.2, 0.25) is 0 Å². The van der Waals surface area contributed by atoms with Crippen LogP contribution < -0.4 is 5.32 Å². The average molecular weight is 341 g/mol. The van der Waals surface area contributed by atoms with Gasteiger partial charge in [-0.25, -0.2) is 4.79 Å². The van der Waals surface area contributed by atoms with Crippen molar-refractivity contribution in [1.29, 1.82) is 0 Å². The molecule has 1 aromatic carbocycles. The van der Waals surface area contributed by atoms with E-state index in [1.807, 2.05) is 18.4 Å². The summed E-state index contributed by atoms with van der Waals surface area (Å²) in [7, 11) is 1.34. The van der Waals surface area contributed by atoms with E-state index in [1.165, 1.54) is 30.0 Å². The average Bonchev–Trinajstić information content (AvgIpc) is 2.51. The molecule has 0 fully saturated rings. The van der Waals surface area contributed by atoms with Gasteiger partial charge in [-0.1, -0.05) is 6.07 Å². The number of esters is 1. The highest BCUT2D eigenvalue weighted by molar-refractivity contribution is 8.00. The number of benzene rings is 1. The monoisotopic (exact) mass is 341 g/mol. The van der Waals surface area contributed by atoms with E-state index in [0.29, 0.717) is 6.42 Å². The molecule has 0 bridgehead atoms. The Morgan fingerprint density at radius 3 is 2.59 bits per heavy atom. The van der Waals surface area contributed by atoms with Crippen LogP contribution in [-0.2, 0) is 14.3 Å². The molecule has 0 saturated carbocycles. The minimum atomic E-state index is -0.565. The smallest absolute Gasteiger partial charge is 0.328 e. The summed E-state index contributed by atoms with van der Waals surface area (Å²) in [5.74, 6) is 0.540. The van der Waals surface area contributed by atoms with Crippen LogP contribution in [0.3, 0.4) is 0 Å². The number of carbonyl (C=O) groups is 2. The van der Waals surface area contributed by atoms with Gasteiger partial charge in [-0.3, -0.25) is 4.79 Å². The Kier molecular flexibility index (Phi) is 8.42. The van der Waals surface area contributed by atoms with Crippen LogP contribution >= 0.6 is 23.5 Å². The quantitative estimate of drug-likeness (QED) is 0.582. The minimum Gasteiger partial charge on any atom is -0.467 e. The van der Waals surface area contributed by atoms with Crippen molar-refractivity contribution in [2.45, 2.75) is 31.2 Å². The van der Waals surface area contributed by atoms with Crippen LogP contribution in [-0.4, -0.2) is 42.8 Å². The lowest BCUT2D eigenvalue weighted by Crippen LogP contribution is -2.42. The number of thioether (sulfide) groups is 2. The highest BCUT2D eigenvalue weighted by Crippen LogP contribution is 2.20. The summed E-state index contributed by atoms with van der Waals surface area (Å²) >= 11 is 3.10. The van der Waals surface area contributed by atoms with Crippen molar-refractivity contribution in [1.82, 2.24) is 5.32 Å². The third-order valence-electron chi connectivity index (χ3n) is 3.28. The van der Waals surface area contributed by atoms with Gasteiger partial charge < -0.3 is 10.1 Å². The zero-order valence-electron chi connectivity index (χ0n) is 13.5. The van der Waals surface area contributed by atoms with E-state index in [-0.39, 0.29) is 11.7 Å². The summed E-state index contributed by atoms with van der Waals surface area (Å²) in [4.78, 5) is 24.7. The number of aryl methyl sites for hydroxylation is 2. The van der Waals surface area contributed by atoms with Crippen molar-refractivity contribution in [3.63, 3.8) is 0 Å². The molecule has 1 aromatic rings. The molecular weight excluding hydrogens is 318 g/mol. The van der Waals surface area contributed by atoms with Gasteiger partial charge >= 0.3 is 5.97 Å². The molecule has 0 radical (unpaired) electrons. The van der Waals surface area contributed by atoms with Gasteiger partial charge in [0.2, 0.25) is 5.91 Å². The van der Waals surface area contributed by atoms with Crippen LogP contribution in [0, 0.1) is 13.8 Å². The molecule has 0 aliphatic rings. The standard InChI is InChI=1S/C16H23NO3S2/c1-11-5-6-13(9-12(11)2)22-10-15(18)17-14(7-8-21-4)16(19)20-3/h5-6,9,14H,7-8,10H2,1-4H3,(H,17,18)/t14-/m1/s1. The first-order chi connectivity index (χ1) is 10.5. The Hall–Kier alpha value is -1.14. The number of ether oxygens (including phenoxy) is 1. The normalized spacial score (nSPS) is 11.8. The van der Waals surface area contributed by atoms with Crippen LogP contribution in [0.15, 0.2) is 23.1 Å². The van der Waals surface area contributed by atoms with E-state index in [1.54, 1.807) is 11.8 Å². The number of amides is 1. The molecule has 4 nitrogen and oxygen atoms in total. The predicted octanol–water partition coefficient (Wildman–Crippen LogP) is 2.81. The summed E-state index contributed by atoms with van der Waals surface area (Å²) in [5, 5.41) is 2.75. The molecule has 0 aliphatic heterocycles. The van der Waals surface area contributed by atoms with Gasteiger partial charge in [-0.05, 0) is 55.5 Å². The molecule has 1 amide bonds. The Morgan fingerprint density at radius 1 is 1.27 bits per heavy atom. The molecule has 1 rings (SSSR count). The molecule has 1 atom stereocenters. The highest BCUT2D eigenvalue weighted by atomic mass is 32.2. The van der Waals surface area contributed by atoms with E-state index >= 15 is 0 Å². The highest BCUT2D eigenvalue weighted by Gasteiger charge is 2.20. The Bertz CT molecular complexity index is 520. The van der Waals surface area contributed by atoms with Gasteiger partial charge in [0.25, 0.3) is 0 Å². The topological polar surface area (TPSA) is 55.4 Å². The first-order valence-corrected chi connectivity index (χ1v) is 9.42. The molecule has 122 valence electrons. The third kappa shape index (κ3) is 6.32. The zero-order valence-corrected chi connectivity index (χ0v) is 15.1. The van der Waals surface area contributed by atoms with Crippen LogP contribution in [0.25, 0.3) is 0 Å². The van der Waals surface area contributed by atoms with Crippen molar-refractivity contribution in [3.05, 3.63) is 29.3 Å². The maximum atomic E-state index is 12.0. The maximum Gasteiger partial charge on any atom is 0.328 e. The van der Waals surface area contributed by atoms with Crippen LogP contribution in [0.1, 0.15) is 17.5 Å². The first-order valence-electron chi connectivity index (χ1n) is 7.04. The molecule has 6 heteroatoms. The lowest BCUT2D eigenvalue weighted by Gasteiger charge is -2.16. The second kappa shape index (κ2) is 9.79. The molecule has 0 spiro atoms. The van der Waals surface area contributed by atoms with Crippen molar-refractivity contribution < 1.29 is 14.3 Å². The number of hydrogen-bond donors (Lipinski definition) is 1. The second-order valence-electron chi connectivity index (χ2n) is 4.96. The molecule has 0 saturated heterocycles. The SMILES string of the molecule is COC(=O)[C@@H](CCSC)NC(=O)CSc1ccc(C)c(C)c1. The fourth-order valence-corrected chi connectivity index (χ4v) is 3.09. The largest absolute Gasteiger partial charge is 0.467 e. The van der Waals surface area contributed by atoms with Crippen LogP contribution in [0.4, 0.5) is 0 Å². The summed E-state index contributed by atoms with van der Waals surface area (Å²) in [6.45, 7) is 4.11. The van der Waals surface area contributed by atoms with E-state index in [0.717, 1.165) is 10.6 Å². The summed E-state index contributed by atoms with van der Waals surface area (Å²) < 4.78 is 4.73. The molecule has 1 N–H and O–H groups in total. The first kappa shape index (κ1) is 18.9. The Labute approximate surface area is 140 Å². The summed E-state index contributed by atoms with van der Waals surface area (Å²) in [6, 6.07) is 5.56. The second-order valence-corrected chi connectivity index (χ2v) is 6.99. The fraction of sp³-hybridized carbons (Fsp3) is 0.500. The van der Waals surface area contributed by atoms with Gasteiger partial charge in [0.15, 0.2) is 0 Å². The molecule has 22 heavy (non-hydrogen) atoms. The van der Waals surface area contributed by atoms with Crippen molar-refractivity contribution >= 4 is 35.4 Å².